The van der Waals surface area contributed by atoms with E-state index in [9.17, 15) is 4.79 Å². The van der Waals surface area contributed by atoms with Crippen LogP contribution in [0.15, 0.2) is 18.3 Å². The first-order valence-corrected chi connectivity index (χ1v) is 7.49. The van der Waals surface area contributed by atoms with Crippen molar-refractivity contribution in [3.05, 3.63) is 18.3 Å². The Balaban J connectivity index is 1.56. The van der Waals surface area contributed by atoms with Crippen LogP contribution in [0.25, 0.3) is 0 Å². The van der Waals surface area contributed by atoms with Crippen LogP contribution in [0.4, 0.5) is 11.5 Å². The zero-order valence-corrected chi connectivity index (χ0v) is 11.8. The number of hydrogen-bond acceptors (Lipinski definition) is 4. The summed E-state index contributed by atoms with van der Waals surface area (Å²) in [5.41, 5.74) is 6.70. The number of carbonyl (C=O) groups is 1. The monoisotopic (exact) mass is 274 g/mol. The number of nitrogens with two attached hydrogens (primary N) is 1. The van der Waals surface area contributed by atoms with E-state index in [-0.39, 0.29) is 0 Å². The topological polar surface area (TPSA) is 62.5 Å². The summed E-state index contributed by atoms with van der Waals surface area (Å²) in [6.07, 6.45) is 6.41. The number of rotatable bonds is 2. The first kappa shape index (κ1) is 13.2. The van der Waals surface area contributed by atoms with E-state index >= 15 is 0 Å². The number of piperazine rings is 1. The summed E-state index contributed by atoms with van der Waals surface area (Å²) in [5.74, 6) is 1.21. The summed E-state index contributed by atoms with van der Waals surface area (Å²) in [7, 11) is 0. The number of nitrogens with zero attached hydrogens (tertiary/aromatic N) is 3. The maximum atomic E-state index is 12.4. The highest BCUT2D eigenvalue weighted by atomic mass is 16.2. The van der Waals surface area contributed by atoms with Gasteiger partial charge in [0.15, 0.2) is 0 Å². The van der Waals surface area contributed by atoms with Gasteiger partial charge in [-0.25, -0.2) is 4.98 Å². The van der Waals surface area contributed by atoms with Gasteiger partial charge in [-0.2, -0.15) is 0 Å². The van der Waals surface area contributed by atoms with Crippen molar-refractivity contribution in [1.82, 2.24) is 9.88 Å². The lowest BCUT2D eigenvalue weighted by atomic mass is 10.1. The van der Waals surface area contributed by atoms with E-state index in [0.29, 0.717) is 17.6 Å². The third-order valence-corrected chi connectivity index (χ3v) is 4.43. The Bertz CT molecular complexity index is 459. The van der Waals surface area contributed by atoms with E-state index in [2.05, 4.69) is 9.88 Å². The molecule has 0 bridgehead atoms. The second kappa shape index (κ2) is 5.69. The van der Waals surface area contributed by atoms with Crippen LogP contribution in [0, 0.1) is 5.92 Å². The highest BCUT2D eigenvalue weighted by Gasteiger charge is 2.29. The molecule has 0 aromatic carbocycles. The van der Waals surface area contributed by atoms with Crippen LogP contribution in [0.2, 0.25) is 0 Å². The molecule has 1 saturated carbocycles. The van der Waals surface area contributed by atoms with Crippen LogP contribution in [0.1, 0.15) is 25.7 Å². The molecule has 1 aliphatic carbocycles. The van der Waals surface area contributed by atoms with E-state index < -0.39 is 0 Å². The molecule has 2 fully saturated rings. The molecule has 5 nitrogen and oxygen atoms in total. The van der Waals surface area contributed by atoms with Gasteiger partial charge in [-0.05, 0) is 25.0 Å². The second-order valence-electron chi connectivity index (χ2n) is 5.73. The fraction of sp³-hybridized carbons (Fsp3) is 0.600. The predicted molar refractivity (Wildman–Crippen MR) is 79.4 cm³/mol. The summed E-state index contributed by atoms with van der Waals surface area (Å²) in [5, 5.41) is 0. The normalized spacial score (nSPS) is 20.4. The highest BCUT2D eigenvalue weighted by Crippen LogP contribution is 2.27. The Morgan fingerprint density at radius 2 is 1.85 bits per heavy atom. The summed E-state index contributed by atoms with van der Waals surface area (Å²) in [4.78, 5) is 20.8. The van der Waals surface area contributed by atoms with Gasteiger partial charge in [-0.15, -0.1) is 0 Å². The van der Waals surface area contributed by atoms with Gasteiger partial charge < -0.3 is 15.5 Å². The van der Waals surface area contributed by atoms with Crippen LogP contribution < -0.4 is 10.6 Å². The largest absolute Gasteiger partial charge is 0.384 e. The van der Waals surface area contributed by atoms with Crippen LogP contribution in [-0.2, 0) is 4.79 Å². The molecule has 1 amide bonds. The molecule has 1 aromatic heterocycles. The standard InChI is InChI=1S/C15H22N4O/c16-14-6-5-13(11-17-14)18-7-9-19(10-8-18)15(20)12-3-1-2-4-12/h5-6,11-12H,1-4,7-10H2,(H2,16,17). The third kappa shape index (κ3) is 2.71. The quantitative estimate of drug-likeness (QED) is 0.888. The molecule has 108 valence electrons. The summed E-state index contributed by atoms with van der Waals surface area (Å²) < 4.78 is 0. The predicted octanol–water partition coefficient (Wildman–Crippen LogP) is 1.50. The van der Waals surface area contributed by atoms with Gasteiger partial charge in [0, 0.05) is 32.1 Å². The molecule has 2 N–H and O–H groups in total. The maximum Gasteiger partial charge on any atom is 0.225 e. The molecule has 1 aliphatic heterocycles. The van der Waals surface area contributed by atoms with Gasteiger partial charge >= 0.3 is 0 Å². The zero-order valence-electron chi connectivity index (χ0n) is 11.8. The second-order valence-corrected chi connectivity index (χ2v) is 5.73. The van der Waals surface area contributed by atoms with Crippen molar-refractivity contribution in [3.63, 3.8) is 0 Å². The van der Waals surface area contributed by atoms with Crippen molar-refractivity contribution in [3.8, 4) is 0 Å². The molecule has 2 heterocycles. The molecule has 0 radical (unpaired) electrons. The van der Waals surface area contributed by atoms with E-state index in [4.69, 9.17) is 5.73 Å². The zero-order chi connectivity index (χ0) is 13.9. The minimum Gasteiger partial charge on any atom is -0.384 e. The highest BCUT2D eigenvalue weighted by molar-refractivity contribution is 5.79. The number of nitrogen functional groups attached to an aromatic ring is 1. The SMILES string of the molecule is Nc1ccc(N2CCN(C(=O)C3CCCC3)CC2)cn1. The lowest BCUT2D eigenvalue weighted by molar-refractivity contribution is -0.135. The summed E-state index contributed by atoms with van der Waals surface area (Å²) in [6, 6.07) is 3.82. The molecule has 0 unspecified atom stereocenters. The van der Waals surface area contributed by atoms with Crippen molar-refractivity contribution >= 4 is 17.4 Å². The molecule has 3 rings (SSSR count). The fourth-order valence-electron chi connectivity index (χ4n) is 3.20. The first-order chi connectivity index (χ1) is 9.74. The molecule has 1 aromatic rings. The fourth-order valence-corrected chi connectivity index (χ4v) is 3.20. The Labute approximate surface area is 119 Å². The first-order valence-electron chi connectivity index (χ1n) is 7.49. The molecule has 2 aliphatic rings. The van der Waals surface area contributed by atoms with Crippen molar-refractivity contribution in [1.29, 1.82) is 0 Å². The average molecular weight is 274 g/mol. The number of amides is 1. The van der Waals surface area contributed by atoms with Crippen molar-refractivity contribution < 1.29 is 4.79 Å². The smallest absolute Gasteiger partial charge is 0.225 e. The van der Waals surface area contributed by atoms with E-state index in [1.54, 1.807) is 0 Å². The minimum absolute atomic E-state index is 0.291. The third-order valence-electron chi connectivity index (χ3n) is 4.43. The molecule has 0 atom stereocenters. The summed E-state index contributed by atoms with van der Waals surface area (Å²) in [6.45, 7) is 3.40. The van der Waals surface area contributed by atoms with Gasteiger partial charge in [-0.1, -0.05) is 12.8 Å². The van der Waals surface area contributed by atoms with Crippen LogP contribution in [0.3, 0.4) is 0 Å². The maximum absolute atomic E-state index is 12.4. The number of pyridine rings is 1. The van der Waals surface area contributed by atoms with Gasteiger partial charge in [0.2, 0.25) is 5.91 Å². The van der Waals surface area contributed by atoms with Gasteiger partial charge in [0.1, 0.15) is 5.82 Å². The van der Waals surface area contributed by atoms with Crippen molar-refractivity contribution in [2.45, 2.75) is 25.7 Å². The Morgan fingerprint density at radius 1 is 1.15 bits per heavy atom. The van der Waals surface area contributed by atoms with Gasteiger partial charge in [0.25, 0.3) is 0 Å². The molecular weight excluding hydrogens is 252 g/mol. The van der Waals surface area contributed by atoms with E-state index in [1.165, 1.54) is 12.8 Å². The van der Waals surface area contributed by atoms with Crippen LogP contribution in [-0.4, -0.2) is 42.0 Å². The van der Waals surface area contributed by atoms with Crippen LogP contribution >= 0.6 is 0 Å². The Morgan fingerprint density at radius 3 is 2.45 bits per heavy atom. The van der Waals surface area contributed by atoms with E-state index in [0.717, 1.165) is 44.7 Å². The Kier molecular flexibility index (Phi) is 3.76. The van der Waals surface area contributed by atoms with Gasteiger partial charge in [0.05, 0.1) is 11.9 Å². The number of aromatic nitrogens is 1. The molecule has 20 heavy (non-hydrogen) atoms. The number of hydrogen-bond donors (Lipinski definition) is 1. The molecule has 0 spiro atoms. The lowest BCUT2D eigenvalue weighted by Gasteiger charge is -2.37. The molecule has 1 saturated heterocycles. The molecule has 5 heteroatoms. The Hall–Kier alpha value is -1.78. The minimum atomic E-state index is 0.291. The average Bonchev–Trinajstić information content (AvgIpc) is 3.02. The summed E-state index contributed by atoms with van der Waals surface area (Å²) >= 11 is 0. The van der Waals surface area contributed by atoms with Gasteiger partial charge in [-0.3, -0.25) is 4.79 Å². The molecular formula is C15H22N4O. The van der Waals surface area contributed by atoms with Crippen molar-refractivity contribution in [2.24, 2.45) is 5.92 Å². The lowest BCUT2D eigenvalue weighted by Crippen LogP contribution is -2.50. The number of carbonyl (C=O) groups excluding carboxylic acids is 1. The van der Waals surface area contributed by atoms with Crippen molar-refractivity contribution in [2.75, 3.05) is 36.8 Å². The van der Waals surface area contributed by atoms with E-state index in [1.807, 2.05) is 23.2 Å². The van der Waals surface area contributed by atoms with Crippen LogP contribution in [0.5, 0.6) is 0 Å². The number of anilines is 2.